The number of rotatable bonds is 4. The van der Waals surface area contributed by atoms with Gasteiger partial charge in [-0.15, -0.1) is 0 Å². The number of nitrogens with zero attached hydrogens (tertiary/aromatic N) is 2. The number of ether oxygens (including phenoxy) is 1. The maximum Gasteiger partial charge on any atom is 0.222 e. The van der Waals surface area contributed by atoms with Crippen LogP contribution in [0.3, 0.4) is 0 Å². The monoisotopic (exact) mass is 232 g/mol. The molecule has 0 bridgehead atoms. The molecule has 2 aromatic heterocycles. The number of anilines is 1. The lowest BCUT2D eigenvalue weighted by Gasteiger charge is -2.07. The molecule has 0 fully saturated rings. The molecule has 5 heteroatoms. The summed E-state index contributed by atoms with van der Waals surface area (Å²) in [6.45, 7) is 2.11. The average molecular weight is 232 g/mol. The Kier molecular flexibility index (Phi) is 3.27. The summed E-state index contributed by atoms with van der Waals surface area (Å²) < 4.78 is 5.24. The van der Waals surface area contributed by atoms with Crippen molar-refractivity contribution in [1.82, 2.24) is 15.2 Å². The highest BCUT2D eigenvalue weighted by Gasteiger charge is 2.15. The summed E-state index contributed by atoms with van der Waals surface area (Å²) in [7, 11) is 1.60. The molecule has 3 N–H and O–H groups in total. The highest BCUT2D eigenvalue weighted by Crippen LogP contribution is 2.31. The van der Waals surface area contributed by atoms with E-state index < -0.39 is 0 Å². The van der Waals surface area contributed by atoms with Crippen molar-refractivity contribution < 1.29 is 4.74 Å². The van der Waals surface area contributed by atoms with Gasteiger partial charge in [-0.05, 0) is 18.6 Å². The standard InChI is InChI=1S/C12H16N4O/c1-3-5-8-10(15-16-11(8)13)9-6-4-7-14-12(9)17-2/h4,6-7H,3,5H2,1-2H3,(H3,13,15,16). The van der Waals surface area contributed by atoms with Gasteiger partial charge in [0.25, 0.3) is 0 Å². The largest absolute Gasteiger partial charge is 0.481 e. The first-order valence-corrected chi connectivity index (χ1v) is 5.60. The number of nitrogen functional groups attached to an aromatic ring is 1. The number of aromatic nitrogens is 3. The van der Waals surface area contributed by atoms with E-state index >= 15 is 0 Å². The van der Waals surface area contributed by atoms with Gasteiger partial charge >= 0.3 is 0 Å². The van der Waals surface area contributed by atoms with Crippen LogP contribution in [0, 0.1) is 0 Å². The van der Waals surface area contributed by atoms with E-state index in [1.807, 2.05) is 12.1 Å². The molecule has 5 nitrogen and oxygen atoms in total. The summed E-state index contributed by atoms with van der Waals surface area (Å²) in [4.78, 5) is 4.17. The van der Waals surface area contributed by atoms with Crippen LogP contribution in [0.4, 0.5) is 5.82 Å². The first-order valence-electron chi connectivity index (χ1n) is 5.60. The molecule has 0 amide bonds. The second kappa shape index (κ2) is 4.86. The third-order valence-electron chi connectivity index (χ3n) is 2.63. The van der Waals surface area contributed by atoms with Crippen molar-refractivity contribution in [3.05, 3.63) is 23.9 Å². The van der Waals surface area contributed by atoms with Crippen LogP contribution in [-0.2, 0) is 6.42 Å². The Balaban J connectivity index is 2.52. The molecule has 2 aromatic rings. The Morgan fingerprint density at radius 1 is 1.47 bits per heavy atom. The van der Waals surface area contributed by atoms with Crippen molar-refractivity contribution >= 4 is 5.82 Å². The SMILES string of the molecule is CCCc1c(N)n[nH]c1-c1cccnc1OC. The zero-order valence-corrected chi connectivity index (χ0v) is 10.0. The van der Waals surface area contributed by atoms with Crippen molar-refractivity contribution in [3.63, 3.8) is 0 Å². The van der Waals surface area contributed by atoms with Gasteiger partial charge in [0.05, 0.1) is 18.4 Å². The number of hydrogen-bond donors (Lipinski definition) is 2. The Bertz CT molecular complexity index is 507. The van der Waals surface area contributed by atoms with Gasteiger partial charge in [-0.3, -0.25) is 5.10 Å². The molecule has 0 saturated carbocycles. The highest BCUT2D eigenvalue weighted by molar-refractivity contribution is 5.71. The fourth-order valence-corrected chi connectivity index (χ4v) is 1.85. The number of aromatic amines is 1. The van der Waals surface area contributed by atoms with Gasteiger partial charge in [-0.1, -0.05) is 13.3 Å². The number of methoxy groups -OCH3 is 1. The second-order valence-corrected chi connectivity index (χ2v) is 3.77. The summed E-state index contributed by atoms with van der Waals surface area (Å²) >= 11 is 0. The van der Waals surface area contributed by atoms with E-state index in [2.05, 4.69) is 22.1 Å². The van der Waals surface area contributed by atoms with Crippen molar-refractivity contribution in [2.75, 3.05) is 12.8 Å². The van der Waals surface area contributed by atoms with Gasteiger partial charge in [-0.2, -0.15) is 5.10 Å². The molecule has 0 aliphatic heterocycles. The van der Waals surface area contributed by atoms with Crippen LogP contribution in [0.25, 0.3) is 11.3 Å². The van der Waals surface area contributed by atoms with E-state index in [0.717, 1.165) is 29.7 Å². The normalized spacial score (nSPS) is 10.5. The summed E-state index contributed by atoms with van der Waals surface area (Å²) in [6, 6.07) is 3.81. The van der Waals surface area contributed by atoms with Crippen LogP contribution >= 0.6 is 0 Å². The quantitative estimate of drug-likeness (QED) is 0.845. The van der Waals surface area contributed by atoms with E-state index in [4.69, 9.17) is 10.5 Å². The Hall–Kier alpha value is -2.04. The second-order valence-electron chi connectivity index (χ2n) is 3.77. The number of hydrogen-bond acceptors (Lipinski definition) is 4. The minimum Gasteiger partial charge on any atom is -0.481 e. The van der Waals surface area contributed by atoms with E-state index in [9.17, 15) is 0 Å². The van der Waals surface area contributed by atoms with Gasteiger partial charge in [0.1, 0.15) is 5.82 Å². The third kappa shape index (κ3) is 2.08. The average Bonchev–Trinajstić information content (AvgIpc) is 2.72. The molecular formula is C12H16N4O. The number of nitrogens with one attached hydrogen (secondary N) is 1. The van der Waals surface area contributed by atoms with E-state index in [-0.39, 0.29) is 0 Å². The van der Waals surface area contributed by atoms with E-state index in [1.54, 1.807) is 13.3 Å². The van der Waals surface area contributed by atoms with Gasteiger partial charge in [0, 0.05) is 11.8 Å². The first-order chi connectivity index (χ1) is 8.27. The van der Waals surface area contributed by atoms with Gasteiger partial charge in [0.15, 0.2) is 0 Å². The first kappa shape index (κ1) is 11.4. The van der Waals surface area contributed by atoms with E-state index in [1.165, 1.54) is 0 Å². The zero-order valence-electron chi connectivity index (χ0n) is 10.0. The number of pyridine rings is 1. The van der Waals surface area contributed by atoms with Crippen molar-refractivity contribution in [3.8, 4) is 17.1 Å². The number of H-pyrrole nitrogens is 1. The molecule has 90 valence electrons. The predicted octanol–water partition coefficient (Wildman–Crippen LogP) is 2.01. The molecule has 0 aliphatic carbocycles. The van der Waals surface area contributed by atoms with Gasteiger partial charge < -0.3 is 10.5 Å². The molecule has 17 heavy (non-hydrogen) atoms. The maximum absolute atomic E-state index is 5.85. The molecule has 0 atom stereocenters. The summed E-state index contributed by atoms with van der Waals surface area (Å²) in [5, 5.41) is 7.01. The summed E-state index contributed by atoms with van der Waals surface area (Å²) in [6.07, 6.45) is 3.59. The lowest BCUT2D eigenvalue weighted by atomic mass is 10.1. The molecule has 2 heterocycles. The smallest absolute Gasteiger partial charge is 0.222 e. The van der Waals surface area contributed by atoms with Crippen LogP contribution < -0.4 is 10.5 Å². The Morgan fingerprint density at radius 3 is 3.00 bits per heavy atom. The van der Waals surface area contributed by atoms with Crippen LogP contribution in [-0.4, -0.2) is 22.3 Å². The molecular weight excluding hydrogens is 216 g/mol. The molecule has 0 spiro atoms. The molecule has 0 aliphatic rings. The maximum atomic E-state index is 5.85. The molecule has 0 radical (unpaired) electrons. The summed E-state index contributed by atoms with van der Waals surface area (Å²) in [5.74, 6) is 1.13. The number of nitrogens with two attached hydrogens (primary N) is 1. The lowest BCUT2D eigenvalue weighted by molar-refractivity contribution is 0.399. The minimum absolute atomic E-state index is 0.549. The molecule has 0 unspecified atom stereocenters. The topological polar surface area (TPSA) is 76.8 Å². The lowest BCUT2D eigenvalue weighted by Crippen LogP contribution is -1.95. The fraction of sp³-hybridized carbons (Fsp3) is 0.333. The molecule has 0 aromatic carbocycles. The van der Waals surface area contributed by atoms with Gasteiger partial charge in [0.2, 0.25) is 5.88 Å². The third-order valence-corrected chi connectivity index (χ3v) is 2.63. The molecule has 2 rings (SSSR count). The van der Waals surface area contributed by atoms with Crippen LogP contribution in [0.5, 0.6) is 5.88 Å². The highest BCUT2D eigenvalue weighted by atomic mass is 16.5. The van der Waals surface area contributed by atoms with Crippen molar-refractivity contribution in [2.45, 2.75) is 19.8 Å². The minimum atomic E-state index is 0.549. The van der Waals surface area contributed by atoms with Crippen LogP contribution in [0.15, 0.2) is 18.3 Å². The molecule has 0 saturated heterocycles. The zero-order chi connectivity index (χ0) is 12.3. The fourth-order valence-electron chi connectivity index (χ4n) is 1.85. The van der Waals surface area contributed by atoms with Gasteiger partial charge in [-0.25, -0.2) is 4.98 Å². The van der Waals surface area contributed by atoms with Crippen molar-refractivity contribution in [2.24, 2.45) is 0 Å². The van der Waals surface area contributed by atoms with Crippen molar-refractivity contribution in [1.29, 1.82) is 0 Å². The van der Waals surface area contributed by atoms with E-state index in [0.29, 0.717) is 11.7 Å². The predicted molar refractivity (Wildman–Crippen MR) is 66.8 cm³/mol. The van der Waals surface area contributed by atoms with Crippen LogP contribution in [0.2, 0.25) is 0 Å². The summed E-state index contributed by atoms with van der Waals surface area (Å²) in [5.41, 5.74) is 8.67. The van der Waals surface area contributed by atoms with Crippen LogP contribution in [0.1, 0.15) is 18.9 Å². The Labute approximate surface area is 100 Å². The Morgan fingerprint density at radius 2 is 2.29 bits per heavy atom.